The smallest absolute Gasteiger partial charge is 0.328 e. The van der Waals surface area contributed by atoms with Crippen molar-refractivity contribution in [1.29, 1.82) is 5.26 Å². The molecule has 10 heteroatoms. The molecule has 2 N–H and O–H groups in total. The maximum Gasteiger partial charge on any atom is 0.328 e. The van der Waals surface area contributed by atoms with E-state index in [4.69, 9.17) is 10.4 Å². The largest absolute Gasteiger partial charge is 0.480 e. The van der Waals surface area contributed by atoms with Crippen LogP contribution < -0.4 is 5.69 Å². The van der Waals surface area contributed by atoms with Crippen LogP contribution in [0.5, 0.6) is 0 Å². The number of nitriles is 1. The first-order valence-corrected chi connectivity index (χ1v) is 7.12. The number of hydrogen-bond acceptors (Lipinski definition) is 6. The zero-order valence-corrected chi connectivity index (χ0v) is 12.5. The summed E-state index contributed by atoms with van der Waals surface area (Å²) in [5.41, 5.74) is 1.56. The molecule has 0 unspecified atom stereocenters. The lowest BCUT2D eigenvalue weighted by atomic mass is 10.3. The van der Waals surface area contributed by atoms with Gasteiger partial charge in [0.05, 0.1) is 18.0 Å². The number of aromatic nitrogens is 6. The molecule has 4 heterocycles. The lowest BCUT2D eigenvalue weighted by Gasteiger charge is -2.02. The fourth-order valence-electron chi connectivity index (χ4n) is 2.57. The van der Waals surface area contributed by atoms with E-state index in [0.717, 1.165) is 4.57 Å². The van der Waals surface area contributed by atoms with Gasteiger partial charge in [0.15, 0.2) is 11.5 Å². The minimum Gasteiger partial charge on any atom is -0.480 e. The number of fused-ring (bicyclic) bond motifs is 2. The van der Waals surface area contributed by atoms with Crippen LogP contribution in [-0.2, 0) is 11.3 Å². The number of rotatable bonds is 3. The highest BCUT2D eigenvalue weighted by Gasteiger charge is 2.15. The first kappa shape index (κ1) is 14.6. The van der Waals surface area contributed by atoms with E-state index in [0.29, 0.717) is 28.2 Å². The van der Waals surface area contributed by atoms with Gasteiger partial charge in [-0.1, -0.05) is 0 Å². The number of imidazole rings is 2. The molecule has 0 fully saturated rings. The highest BCUT2D eigenvalue weighted by Crippen LogP contribution is 2.19. The number of nitrogens with zero attached hydrogens (tertiary/aromatic N) is 6. The van der Waals surface area contributed by atoms with E-state index in [9.17, 15) is 9.59 Å². The van der Waals surface area contributed by atoms with E-state index in [1.165, 1.54) is 6.20 Å². The van der Waals surface area contributed by atoms with Crippen LogP contribution in [-0.4, -0.2) is 40.0 Å². The van der Waals surface area contributed by atoms with E-state index in [-0.39, 0.29) is 5.65 Å². The molecule has 0 saturated heterocycles. The van der Waals surface area contributed by atoms with Gasteiger partial charge in [0.2, 0.25) is 0 Å². The van der Waals surface area contributed by atoms with Crippen molar-refractivity contribution in [2.45, 2.75) is 6.54 Å². The first-order chi connectivity index (χ1) is 12.1. The predicted molar refractivity (Wildman–Crippen MR) is 84.7 cm³/mol. The summed E-state index contributed by atoms with van der Waals surface area (Å²) < 4.78 is 2.72. The molecule has 0 aliphatic heterocycles. The van der Waals surface area contributed by atoms with E-state index in [2.05, 4.69) is 26.0 Å². The molecule has 0 bridgehead atoms. The van der Waals surface area contributed by atoms with E-state index < -0.39 is 18.2 Å². The highest BCUT2D eigenvalue weighted by atomic mass is 16.4. The quantitative estimate of drug-likeness (QED) is 0.551. The fourth-order valence-corrected chi connectivity index (χ4v) is 2.57. The van der Waals surface area contributed by atoms with Crippen molar-refractivity contribution in [3.8, 4) is 17.6 Å². The summed E-state index contributed by atoms with van der Waals surface area (Å²) in [4.78, 5) is 38.0. The molecule has 4 rings (SSSR count). The predicted octanol–water partition coefficient (Wildman–Crippen LogP) is 0.391. The number of carboxylic acids is 1. The third kappa shape index (κ3) is 2.31. The summed E-state index contributed by atoms with van der Waals surface area (Å²) in [5.74, 6) is -0.850. The minimum atomic E-state index is -1.14. The Bertz CT molecular complexity index is 1240. The van der Waals surface area contributed by atoms with Crippen LogP contribution >= 0.6 is 0 Å². The van der Waals surface area contributed by atoms with Crippen LogP contribution in [0.2, 0.25) is 0 Å². The Balaban J connectivity index is 1.90. The Labute approximate surface area is 138 Å². The summed E-state index contributed by atoms with van der Waals surface area (Å²) in [6.07, 6.45) is 4.56. The van der Waals surface area contributed by atoms with Gasteiger partial charge in [0, 0.05) is 6.20 Å². The molecule has 0 aliphatic rings. The van der Waals surface area contributed by atoms with Crippen LogP contribution in [0.3, 0.4) is 0 Å². The van der Waals surface area contributed by atoms with Crippen LogP contribution in [0.25, 0.3) is 28.3 Å². The molecule has 4 aromatic heterocycles. The zero-order chi connectivity index (χ0) is 17.6. The molecular weight excluding hydrogens is 326 g/mol. The molecular formula is C15H9N7O3. The Morgan fingerprint density at radius 3 is 2.92 bits per heavy atom. The van der Waals surface area contributed by atoms with Crippen molar-refractivity contribution in [3.63, 3.8) is 0 Å². The molecule has 25 heavy (non-hydrogen) atoms. The van der Waals surface area contributed by atoms with Crippen LogP contribution in [0.1, 0.15) is 5.56 Å². The molecule has 0 spiro atoms. The average Bonchev–Trinajstić information content (AvgIpc) is 3.14. The molecule has 0 atom stereocenters. The highest BCUT2D eigenvalue weighted by molar-refractivity contribution is 5.75. The molecule has 122 valence electrons. The lowest BCUT2D eigenvalue weighted by Crippen LogP contribution is -2.21. The second-order valence-corrected chi connectivity index (χ2v) is 5.24. The van der Waals surface area contributed by atoms with E-state index in [1.807, 2.05) is 0 Å². The summed E-state index contributed by atoms with van der Waals surface area (Å²) in [6, 6.07) is 5.40. The third-order valence-corrected chi connectivity index (χ3v) is 3.69. The Kier molecular flexibility index (Phi) is 3.08. The number of nitrogens with one attached hydrogen (secondary N) is 1. The maximum atomic E-state index is 11.9. The second kappa shape index (κ2) is 5.27. The van der Waals surface area contributed by atoms with Crippen LogP contribution in [0.4, 0.5) is 0 Å². The van der Waals surface area contributed by atoms with Crippen molar-refractivity contribution in [2.75, 3.05) is 0 Å². The first-order valence-electron chi connectivity index (χ1n) is 7.12. The van der Waals surface area contributed by atoms with Crippen LogP contribution in [0, 0.1) is 11.3 Å². The average molecular weight is 335 g/mol. The SMILES string of the molecule is N#Cc1ccc2ncc(-c3ncc4c(n3)[nH]c(=O)n4CC(=O)O)n2c1. The number of H-pyrrole nitrogens is 1. The van der Waals surface area contributed by atoms with E-state index in [1.54, 1.807) is 28.9 Å². The normalized spacial score (nSPS) is 11.0. The lowest BCUT2D eigenvalue weighted by molar-refractivity contribution is -0.137. The number of carbonyl (C=O) groups is 1. The molecule has 0 saturated carbocycles. The maximum absolute atomic E-state index is 11.9. The summed E-state index contributed by atoms with van der Waals surface area (Å²) in [6.45, 7) is -0.483. The van der Waals surface area contributed by atoms with Gasteiger partial charge in [0.25, 0.3) is 0 Å². The monoisotopic (exact) mass is 335 g/mol. The number of aromatic amines is 1. The molecule has 4 aromatic rings. The van der Waals surface area contributed by atoms with E-state index >= 15 is 0 Å². The number of carboxylic acid groups (broad SMARTS) is 1. The minimum absolute atomic E-state index is 0.225. The topological polar surface area (TPSA) is 142 Å². The van der Waals surface area contributed by atoms with Gasteiger partial charge in [0.1, 0.15) is 29.5 Å². The number of pyridine rings is 1. The van der Waals surface area contributed by atoms with Crippen molar-refractivity contribution in [1.82, 2.24) is 28.9 Å². The molecule has 0 amide bonds. The second-order valence-electron chi connectivity index (χ2n) is 5.24. The van der Waals surface area contributed by atoms with Gasteiger partial charge in [-0.3, -0.25) is 18.7 Å². The molecule has 0 radical (unpaired) electrons. The standard InChI is InChI=1S/C15H9N7O3/c16-3-8-1-2-11-17-4-9(21(11)6-8)13-18-5-10-14(19-13)20-15(25)22(10)7-12(23)24/h1-2,4-6H,7H2,(H,23,24)(H,18,19,20,25). The van der Waals surface area contributed by atoms with Gasteiger partial charge in [-0.25, -0.2) is 19.7 Å². The summed E-state index contributed by atoms with van der Waals surface area (Å²) >= 11 is 0. The summed E-state index contributed by atoms with van der Waals surface area (Å²) in [7, 11) is 0. The van der Waals surface area contributed by atoms with Crippen molar-refractivity contribution < 1.29 is 9.90 Å². The Morgan fingerprint density at radius 1 is 1.32 bits per heavy atom. The summed E-state index contributed by atoms with van der Waals surface area (Å²) in [5, 5.41) is 17.9. The van der Waals surface area contributed by atoms with Gasteiger partial charge in [-0.15, -0.1) is 0 Å². The fraction of sp³-hybridized carbons (Fsp3) is 0.0667. The third-order valence-electron chi connectivity index (χ3n) is 3.69. The van der Waals surface area contributed by atoms with Crippen LogP contribution in [0.15, 0.2) is 35.5 Å². The molecule has 0 aliphatic carbocycles. The number of hydrogen-bond donors (Lipinski definition) is 2. The van der Waals surface area contributed by atoms with Crippen molar-refractivity contribution in [2.24, 2.45) is 0 Å². The Morgan fingerprint density at radius 2 is 2.16 bits per heavy atom. The molecule has 10 nitrogen and oxygen atoms in total. The van der Waals surface area contributed by atoms with Crippen molar-refractivity contribution in [3.05, 3.63) is 46.8 Å². The number of aliphatic carboxylic acids is 1. The van der Waals surface area contributed by atoms with Gasteiger partial charge < -0.3 is 5.11 Å². The zero-order valence-electron chi connectivity index (χ0n) is 12.5. The Hall–Kier alpha value is -4.00. The van der Waals surface area contributed by atoms with Gasteiger partial charge >= 0.3 is 11.7 Å². The van der Waals surface area contributed by atoms with Gasteiger partial charge in [-0.2, -0.15) is 5.26 Å². The molecule has 0 aromatic carbocycles. The van der Waals surface area contributed by atoms with Crippen molar-refractivity contribution >= 4 is 22.8 Å². The van der Waals surface area contributed by atoms with Gasteiger partial charge in [-0.05, 0) is 12.1 Å².